The molecule has 0 saturated carbocycles. The third-order valence-corrected chi connectivity index (χ3v) is 23.9. The van der Waals surface area contributed by atoms with Gasteiger partial charge in [0.1, 0.15) is 6.10 Å². The molecule has 1 rings (SSSR count). The predicted molar refractivity (Wildman–Crippen MR) is 284 cm³/mol. The van der Waals surface area contributed by atoms with Crippen LogP contribution >= 0.6 is 7.82 Å². The summed E-state index contributed by atoms with van der Waals surface area (Å²) in [4.78, 5) is 24.1. The van der Waals surface area contributed by atoms with Crippen LogP contribution in [0.2, 0.25) is 36.3 Å². The molecule has 1 N–H and O–H groups in total. The molecule has 0 saturated heterocycles. The molecule has 0 aromatic carbocycles. The highest BCUT2D eigenvalue weighted by Gasteiger charge is 2.42. The summed E-state index contributed by atoms with van der Waals surface area (Å²) in [6.07, 6.45) is 31.5. The lowest BCUT2D eigenvalue weighted by Gasteiger charge is -2.41. The standard InChI is InChI=1S/C54H101O9PSi2/c1-17-18-19-20-21-22-23-24-25-26-27-28-29-30-39-58-41-48(62-51(55)40-46(3)34-31-33-45(2)36-37-50-47(4)35-32-38-54(50,11)12)42-59-64(56,57)60-43-49(63-66(15,16)53(8,9)10)44-61-65(13,14)52(5,6)7/h31,33-34,36-37,40,48-49H,17-30,32,35,38-39,41-44H2,1-16H3,(H,56,57)/b34-31+,37-36+,45-33+,46-40+/t48-,49-/m1/s1. The number of carbonyl (C=O) groups is 1. The zero-order valence-electron chi connectivity index (χ0n) is 45.3. The maximum Gasteiger partial charge on any atom is 0.472 e. The SMILES string of the molecule is CCCCCCCCCCCCCCCCOC[C@H](COP(=O)(O)OC[C@H](CO[Si](C)(C)C(C)(C)C)O[Si](C)(C)C(C)(C)C)OC(=O)/C=C(C)/C=C/C=C(C)/C=C/C1=C(C)CCCC1(C)C. The minimum absolute atomic E-state index is 0.0192. The third-order valence-electron chi connectivity index (χ3n) is 13.9. The Bertz CT molecular complexity index is 1600. The highest BCUT2D eigenvalue weighted by atomic mass is 31.2. The van der Waals surface area contributed by atoms with Crippen molar-refractivity contribution < 1.29 is 41.6 Å². The van der Waals surface area contributed by atoms with Crippen molar-refractivity contribution >= 4 is 30.4 Å². The molecule has 1 aliphatic carbocycles. The van der Waals surface area contributed by atoms with E-state index in [-0.39, 0.29) is 41.9 Å². The first-order chi connectivity index (χ1) is 30.6. The normalized spacial score (nSPS) is 17.8. The summed E-state index contributed by atoms with van der Waals surface area (Å²) in [7, 11) is -9.05. The second kappa shape index (κ2) is 31.0. The Balaban J connectivity index is 2.94. The molecule has 0 aromatic heterocycles. The summed E-state index contributed by atoms with van der Waals surface area (Å²) in [5.41, 5.74) is 4.87. The molecule has 0 bridgehead atoms. The van der Waals surface area contributed by atoms with E-state index in [4.69, 9.17) is 27.4 Å². The van der Waals surface area contributed by atoms with Crippen LogP contribution in [0.1, 0.15) is 192 Å². The lowest BCUT2D eigenvalue weighted by atomic mass is 9.72. The van der Waals surface area contributed by atoms with E-state index in [0.29, 0.717) is 12.2 Å². The van der Waals surface area contributed by atoms with Crippen LogP contribution in [0.5, 0.6) is 0 Å². The lowest BCUT2D eigenvalue weighted by molar-refractivity contribution is -0.148. The van der Waals surface area contributed by atoms with E-state index in [0.717, 1.165) is 31.3 Å². The molecular weight excluding hydrogens is 880 g/mol. The number of esters is 1. The first kappa shape index (κ1) is 62.6. The number of carbonyl (C=O) groups excluding carboxylic acids is 1. The van der Waals surface area contributed by atoms with Crippen LogP contribution in [-0.2, 0) is 36.7 Å². The number of unbranched alkanes of at least 4 members (excludes halogenated alkanes) is 13. The molecule has 384 valence electrons. The summed E-state index contributed by atoms with van der Waals surface area (Å²) in [6.45, 7) is 34.8. The number of rotatable bonds is 34. The number of hydrogen-bond acceptors (Lipinski definition) is 8. The van der Waals surface area contributed by atoms with E-state index in [1.54, 1.807) is 0 Å². The molecule has 0 amide bonds. The second-order valence-electron chi connectivity index (χ2n) is 22.8. The van der Waals surface area contributed by atoms with Gasteiger partial charge >= 0.3 is 13.8 Å². The molecule has 0 aromatic rings. The molecule has 1 unspecified atom stereocenters. The van der Waals surface area contributed by atoms with Crippen LogP contribution in [0.15, 0.2) is 58.7 Å². The van der Waals surface area contributed by atoms with Gasteiger partial charge < -0.3 is 23.2 Å². The van der Waals surface area contributed by atoms with E-state index in [1.165, 1.54) is 101 Å². The van der Waals surface area contributed by atoms with Gasteiger partial charge in [-0.3, -0.25) is 9.05 Å². The molecule has 1 aliphatic rings. The van der Waals surface area contributed by atoms with Crippen molar-refractivity contribution in [1.82, 2.24) is 0 Å². The third kappa shape index (κ3) is 27.1. The van der Waals surface area contributed by atoms with Crippen LogP contribution in [0.4, 0.5) is 0 Å². The molecule has 0 radical (unpaired) electrons. The maximum absolute atomic E-state index is 13.4. The molecule has 66 heavy (non-hydrogen) atoms. The van der Waals surface area contributed by atoms with Gasteiger partial charge in [0.2, 0.25) is 0 Å². The van der Waals surface area contributed by atoms with Gasteiger partial charge in [0.15, 0.2) is 16.6 Å². The molecular formula is C54H101O9PSi2. The van der Waals surface area contributed by atoms with Gasteiger partial charge in [0, 0.05) is 12.7 Å². The molecule has 0 aliphatic heterocycles. The zero-order valence-corrected chi connectivity index (χ0v) is 48.2. The van der Waals surface area contributed by atoms with E-state index >= 15 is 0 Å². The number of ether oxygens (including phenoxy) is 2. The first-order valence-corrected chi connectivity index (χ1v) is 33.1. The van der Waals surface area contributed by atoms with Crippen molar-refractivity contribution in [3.05, 3.63) is 58.7 Å². The molecule has 0 fully saturated rings. The number of hydrogen-bond donors (Lipinski definition) is 1. The Morgan fingerprint density at radius 2 is 1.26 bits per heavy atom. The smallest absolute Gasteiger partial charge is 0.454 e. The molecule has 3 atom stereocenters. The summed E-state index contributed by atoms with van der Waals surface area (Å²) < 4.78 is 49.4. The Hall–Kier alpha value is -1.41. The highest BCUT2D eigenvalue weighted by molar-refractivity contribution is 7.47. The Morgan fingerprint density at radius 1 is 0.742 bits per heavy atom. The minimum atomic E-state index is -4.60. The second-order valence-corrected chi connectivity index (χ2v) is 33.8. The number of phosphoric ester groups is 1. The van der Waals surface area contributed by atoms with Gasteiger partial charge in [-0.15, -0.1) is 0 Å². The Labute approximate surface area is 408 Å². The summed E-state index contributed by atoms with van der Waals surface area (Å²) >= 11 is 0. The van der Waals surface area contributed by atoms with E-state index in [2.05, 4.69) is 115 Å². The van der Waals surface area contributed by atoms with Gasteiger partial charge in [-0.1, -0.05) is 187 Å². The van der Waals surface area contributed by atoms with Gasteiger partial charge in [0.25, 0.3) is 0 Å². The largest absolute Gasteiger partial charge is 0.472 e. The van der Waals surface area contributed by atoms with Crippen LogP contribution in [0.25, 0.3) is 0 Å². The first-order valence-electron chi connectivity index (χ1n) is 25.8. The van der Waals surface area contributed by atoms with Crippen LogP contribution in [0.3, 0.4) is 0 Å². The minimum Gasteiger partial charge on any atom is -0.454 e. The van der Waals surface area contributed by atoms with Crippen LogP contribution in [-0.4, -0.2) is 72.7 Å². The fourth-order valence-electron chi connectivity index (χ4n) is 7.41. The van der Waals surface area contributed by atoms with Crippen molar-refractivity contribution in [3.8, 4) is 0 Å². The van der Waals surface area contributed by atoms with E-state index in [9.17, 15) is 14.3 Å². The molecule has 9 nitrogen and oxygen atoms in total. The number of phosphoric acid groups is 1. The molecule has 0 heterocycles. The number of allylic oxidation sites excluding steroid dienone is 9. The molecule has 12 heteroatoms. The topological polar surface area (TPSA) is 110 Å². The van der Waals surface area contributed by atoms with Crippen molar-refractivity contribution in [2.24, 2.45) is 5.41 Å². The summed E-state index contributed by atoms with van der Waals surface area (Å²) in [5, 5.41) is -0.114. The van der Waals surface area contributed by atoms with Gasteiger partial charge in [0.05, 0.1) is 32.5 Å². The quantitative estimate of drug-likeness (QED) is 0.0168. The van der Waals surface area contributed by atoms with Crippen LogP contribution < -0.4 is 0 Å². The van der Waals surface area contributed by atoms with Crippen molar-refractivity contribution in [3.63, 3.8) is 0 Å². The van der Waals surface area contributed by atoms with E-state index in [1.807, 2.05) is 25.2 Å². The van der Waals surface area contributed by atoms with Crippen molar-refractivity contribution in [2.45, 2.75) is 241 Å². The van der Waals surface area contributed by atoms with E-state index < -0.39 is 42.6 Å². The maximum atomic E-state index is 13.4. The van der Waals surface area contributed by atoms with Crippen molar-refractivity contribution in [2.75, 3.05) is 33.0 Å². The Morgan fingerprint density at radius 3 is 1.77 bits per heavy atom. The average molecular weight is 982 g/mol. The summed E-state index contributed by atoms with van der Waals surface area (Å²) in [5.74, 6) is -0.590. The van der Waals surface area contributed by atoms with Gasteiger partial charge in [-0.25, -0.2) is 9.36 Å². The summed E-state index contributed by atoms with van der Waals surface area (Å²) in [6, 6.07) is 0. The van der Waals surface area contributed by atoms with Crippen LogP contribution in [0, 0.1) is 5.41 Å². The fraction of sp³-hybridized carbons (Fsp3) is 0.796. The predicted octanol–water partition coefficient (Wildman–Crippen LogP) is 16.5. The zero-order chi connectivity index (χ0) is 50.1. The van der Waals surface area contributed by atoms with Crippen molar-refractivity contribution in [1.29, 1.82) is 0 Å². The lowest BCUT2D eigenvalue weighted by Crippen LogP contribution is -2.49. The molecule has 0 spiro atoms. The monoisotopic (exact) mass is 981 g/mol. The highest BCUT2D eigenvalue weighted by Crippen LogP contribution is 2.45. The van der Waals surface area contributed by atoms with Gasteiger partial charge in [-0.2, -0.15) is 0 Å². The average Bonchev–Trinajstić information content (AvgIpc) is 3.19. The fourth-order valence-corrected chi connectivity index (χ4v) is 10.6. The Kier molecular flexibility index (Phi) is 29.4. The van der Waals surface area contributed by atoms with Gasteiger partial charge in [-0.05, 0) is 99.3 Å².